The topological polar surface area (TPSA) is 21.6 Å². The first-order chi connectivity index (χ1) is 7.61. The predicted octanol–water partition coefficient (Wildman–Crippen LogP) is 3.81. The standard InChI is InChI=1S/C14H19NO/c1-9-7-10(2)14(13(8-9)16-4)15-11(3)12-5-6-12/h7-8,12H,5-6H2,1-4H3. The molecule has 1 saturated carbocycles. The Morgan fingerprint density at radius 1 is 1.31 bits per heavy atom. The van der Waals surface area contributed by atoms with Crippen LogP contribution in [0.15, 0.2) is 17.1 Å². The van der Waals surface area contributed by atoms with Crippen LogP contribution in [0.2, 0.25) is 0 Å². The van der Waals surface area contributed by atoms with Crippen molar-refractivity contribution >= 4 is 11.4 Å². The van der Waals surface area contributed by atoms with E-state index < -0.39 is 0 Å². The van der Waals surface area contributed by atoms with Gasteiger partial charge in [0.25, 0.3) is 0 Å². The highest BCUT2D eigenvalue weighted by Gasteiger charge is 2.24. The molecule has 1 aromatic rings. The summed E-state index contributed by atoms with van der Waals surface area (Å²) in [4.78, 5) is 4.72. The third-order valence-electron chi connectivity index (χ3n) is 3.09. The summed E-state index contributed by atoms with van der Waals surface area (Å²) in [5, 5.41) is 0. The van der Waals surface area contributed by atoms with Crippen LogP contribution in [0.1, 0.15) is 30.9 Å². The summed E-state index contributed by atoms with van der Waals surface area (Å²) >= 11 is 0. The SMILES string of the molecule is COc1cc(C)cc(C)c1N=C(C)C1CC1. The van der Waals surface area contributed by atoms with E-state index in [-0.39, 0.29) is 0 Å². The van der Waals surface area contributed by atoms with Gasteiger partial charge in [-0.25, -0.2) is 0 Å². The molecule has 0 heterocycles. The Morgan fingerprint density at radius 2 is 2.00 bits per heavy atom. The molecule has 0 spiro atoms. The molecule has 2 rings (SSSR count). The van der Waals surface area contributed by atoms with Crippen molar-refractivity contribution in [2.45, 2.75) is 33.6 Å². The first-order valence-corrected chi connectivity index (χ1v) is 5.82. The number of ether oxygens (including phenoxy) is 1. The molecule has 0 radical (unpaired) electrons. The quantitative estimate of drug-likeness (QED) is 0.705. The number of aliphatic imine (C=N–C) groups is 1. The molecule has 2 heteroatoms. The van der Waals surface area contributed by atoms with Gasteiger partial charge in [-0.3, -0.25) is 4.99 Å². The van der Waals surface area contributed by atoms with E-state index in [9.17, 15) is 0 Å². The summed E-state index contributed by atoms with van der Waals surface area (Å²) in [5.74, 6) is 1.60. The van der Waals surface area contributed by atoms with Crippen LogP contribution in [-0.4, -0.2) is 12.8 Å². The third-order valence-corrected chi connectivity index (χ3v) is 3.09. The van der Waals surface area contributed by atoms with E-state index in [1.165, 1.54) is 29.7 Å². The fourth-order valence-electron chi connectivity index (χ4n) is 1.99. The Balaban J connectivity index is 2.41. The second-order valence-electron chi connectivity index (χ2n) is 4.66. The lowest BCUT2D eigenvalue weighted by Crippen LogP contribution is -1.95. The van der Waals surface area contributed by atoms with E-state index >= 15 is 0 Å². The highest BCUT2D eigenvalue weighted by molar-refractivity contribution is 5.89. The number of rotatable bonds is 3. The molecule has 1 aromatic carbocycles. The fraction of sp³-hybridized carbons (Fsp3) is 0.500. The van der Waals surface area contributed by atoms with Gasteiger partial charge in [0.2, 0.25) is 0 Å². The molecular formula is C14H19NO. The van der Waals surface area contributed by atoms with Crippen molar-refractivity contribution in [1.29, 1.82) is 0 Å². The number of hydrogen-bond acceptors (Lipinski definition) is 2. The Morgan fingerprint density at radius 3 is 2.56 bits per heavy atom. The Hall–Kier alpha value is -1.31. The highest BCUT2D eigenvalue weighted by Crippen LogP contribution is 2.36. The number of hydrogen-bond donors (Lipinski definition) is 0. The molecule has 1 aliphatic carbocycles. The van der Waals surface area contributed by atoms with Crippen LogP contribution in [-0.2, 0) is 0 Å². The number of nitrogens with zero attached hydrogens (tertiary/aromatic N) is 1. The van der Waals surface area contributed by atoms with Gasteiger partial charge in [-0.2, -0.15) is 0 Å². The molecular weight excluding hydrogens is 198 g/mol. The third kappa shape index (κ3) is 2.26. The summed E-state index contributed by atoms with van der Waals surface area (Å²) in [6, 6.07) is 4.20. The first kappa shape index (κ1) is 11.2. The van der Waals surface area contributed by atoms with Crippen molar-refractivity contribution in [3.8, 4) is 5.75 Å². The van der Waals surface area contributed by atoms with E-state index in [1.807, 2.05) is 6.07 Å². The van der Waals surface area contributed by atoms with Gasteiger partial charge in [0.05, 0.1) is 7.11 Å². The molecule has 0 unspecified atom stereocenters. The van der Waals surface area contributed by atoms with E-state index in [0.717, 1.165) is 11.4 Å². The highest BCUT2D eigenvalue weighted by atomic mass is 16.5. The van der Waals surface area contributed by atoms with Crippen molar-refractivity contribution < 1.29 is 4.74 Å². The maximum Gasteiger partial charge on any atom is 0.144 e. The van der Waals surface area contributed by atoms with Crippen LogP contribution < -0.4 is 4.74 Å². The van der Waals surface area contributed by atoms with Gasteiger partial charge < -0.3 is 4.74 Å². The zero-order valence-corrected chi connectivity index (χ0v) is 10.5. The molecule has 0 amide bonds. The normalized spacial score (nSPS) is 16.4. The van der Waals surface area contributed by atoms with Gasteiger partial charge >= 0.3 is 0 Å². The molecule has 86 valence electrons. The Bertz CT molecular complexity index is 431. The number of aryl methyl sites for hydroxylation is 2. The Kier molecular flexibility index (Phi) is 2.99. The summed E-state index contributed by atoms with van der Waals surface area (Å²) in [5.41, 5.74) is 4.65. The maximum absolute atomic E-state index is 5.40. The van der Waals surface area contributed by atoms with Crippen LogP contribution in [0.3, 0.4) is 0 Å². The van der Waals surface area contributed by atoms with E-state index in [4.69, 9.17) is 9.73 Å². The molecule has 16 heavy (non-hydrogen) atoms. The molecule has 1 fully saturated rings. The molecule has 0 saturated heterocycles. The van der Waals surface area contributed by atoms with E-state index in [0.29, 0.717) is 5.92 Å². The van der Waals surface area contributed by atoms with Crippen molar-refractivity contribution in [2.75, 3.05) is 7.11 Å². The van der Waals surface area contributed by atoms with Crippen LogP contribution >= 0.6 is 0 Å². The van der Waals surface area contributed by atoms with Crippen molar-refractivity contribution in [3.63, 3.8) is 0 Å². The van der Waals surface area contributed by atoms with Crippen molar-refractivity contribution in [3.05, 3.63) is 23.3 Å². The maximum atomic E-state index is 5.40. The largest absolute Gasteiger partial charge is 0.494 e. The van der Waals surface area contributed by atoms with Crippen LogP contribution in [0.25, 0.3) is 0 Å². The monoisotopic (exact) mass is 217 g/mol. The predicted molar refractivity (Wildman–Crippen MR) is 68.0 cm³/mol. The van der Waals surface area contributed by atoms with Gasteiger partial charge in [-0.1, -0.05) is 6.07 Å². The molecule has 0 N–H and O–H groups in total. The van der Waals surface area contributed by atoms with Crippen LogP contribution in [0.5, 0.6) is 5.75 Å². The lowest BCUT2D eigenvalue weighted by molar-refractivity contribution is 0.415. The number of methoxy groups -OCH3 is 1. The Labute approximate surface area is 97.4 Å². The summed E-state index contributed by atoms with van der Waals surface area (Å²) in [7, 11) is 1.71. The van der Waals surface area contributed by atoms with Gasteiger partial charge in [0, 0.05) is 5.71 Å². The fourth-order valence-corrected chi connectivity index (χ4v) is 1.99. The van der Waals surface area contributed by atoms with E-state index in [1.54, 1.807) is 7.11 Å². The zero-order valence-electron chi connectivity index (χ0n) is 10.5. The molecule has 0 atom stereocenters. The van der Waals surface area contributed by atoms with Gasteiger partial charge in [-0.15, -0.1) is 0 Å². The zero-order chi connectivity index (χ0) is 11.7. The van der Waals surface area contributed by atoms with Crippen molar-refractivity contribution in [2.24, 2.45) is 10.9 Å². The molecule has 0 aromatic heterocycles. The smallest absolute Gasteiger partial charge is 0.144 e. The number of benzene rings is 1. The molecule has 0 aliphatic heterocycles. The second-order valence-corrected chi connectivity index (χ2v) is 4.66. The molecule has 2 nitrogen and oxygen atoms in total. The molecule has 1 aliphatic rings. The van der Waals surface area contributed by atoms with E-state index in [2.05, 4.69) is 26.8 Å². The first-order valence-electron chi connectivity index (χ1n) is 5.82. The molecule has 0 bridgehead atoms. The average molecular weight is 217 g/mol. The minimum absolute atomic E-state index is 0.713. The van der Waals surface area contributed by atoms with Crippen LogP contribution in [0, 0.1) is 19.8 Å². The van der Waals surface area contributed by atoms with Gasteiger partial charge in [0.15, 0.2) is 0 Å². The minimum Gasteiger partial charge on any atom is -0.494 e. The van der Waals surface area contributed by atoms with Gasteiger partial charge in [0.1, 0.15) is 11.4 Å². The summed E-state index contributed by atoms with van der Waals surface area (Å²) in [6.07, 6.45) is 2.59. The lowest BCUT2D eigenvalue weighted by atomic mass is 10.1. The lowest BCUT2D eigenvalue weighted by Gasteiger charge is -2.10. The summed E-state index contributed by atoms with van der Waals surface area (Å²) < 4.78 is 5.40. The minimum atomic E-state index is 0.713. The summed E-state index contributed by atoms with van der Waals surface area (Å²) in [6.45, 7) is 6.29. The van der Waals surface area contributed by atoms with Gasteiger partial charge in [-0.05, 0) is 56.7 Å². The second kappa shape index (κ2) is 4.28. The van der Waals surface area contributed by atoms with Crippen molar-refractivity contribution in [1.82, 2.24) is 0 Å². The average Bonchev–Trinajstić information content (AvgIpc) is 3.04. The van der Waals surface area contributed by atoms with Crippen LogP contribution in [0.4, 0.5) is 5.69 Å².